The summed E-state index contributed by atoms with van der Waals surface area (Å²) in [6.07, 6.45) is 21.2. The zero-order valence-electron chi connectivity index (χ0n) is 53.6. The first-order chi connectivity index (χ1) is 42.2. The van der Waals surface area contributed by atoms with E-state index < -0.39 is 5.97 Å². The smallest absolute Gasteiger partial charge is 0.346 e. The second-order valence-electron chi connectivity index (χ2n) is 25.5. The van der Waals surface area contributed by atoms with Crippen LogP contribution >= 0.6 is 22.7 Å². The van der Waals surface area contributed by atoms with Gasteiger partial charge in [-0.3, -0.25) is 0 Å². The number of nitriles is 1. The lowest BCUT2D eigenvalue weighted by molar-refractivity contribution is -0.132. The molecule has 0 atom stereocenters. The van der Waals surface area contributed by atoms with Crippen LogP contribution in [0.3, 0.4) is 0 Å². The van der Waals surface area contributed by atoms with Gasteiger partial charge in [-0.15, -0.1) is 22.7 Å². The molecule has 2 aromatic heterocycles. The molecule has 0 spiro atoms. The first kappa shape index (κ1) is 63.2. The fourth-order valence-electron chi connectivity index (χ4n) is 13.6. The molecule has 0 amide bonds. The minimum Gasteiger partial charge on any atom is -0.493 e. The molecule has 0 saturated heterocycles. The van der Waals surface area contributed by atoms with Gasteiger partial charge >= 0.3 is 5.97 Å². The molecule has 2 heterocycles. The molecular formula is C77H92N2O6S2. The molecule has 8 nitrogen and oxygen atoms in total. The lowest BCUT2D eigenvalue weighted by Crippen LogP contribution is -2.25. The lowest BCUT2D eigenvalue weighted by atomic mass is 9.71. The van der Waals surface area contributed by atoms with Gasteiger partial charge in [-0.25, -0.2) is 4.79 Å². The summed E-state index contributed by atoms with van der Waals surface area (Å²) in [5.74, 6) is 2.31. The lowest BCUT2D eigenvalue weighted by Gasteiger charge is -2.31. The van der Waals surface area contributed by atoms with Crippen LogP contribution in [-0.2, 0) is 21.0 Å². The Balaban J connectivity index is 1.10. The van der Waals surface area contributed by atoms with Crippen LogP contribution in [0.1, 0.15) is 223 Å². The summed E-state index contributed by atoms with van der Waals surface area (Å²) < 4.78 is 26.3. The minimum absolute atomic E-state index is 0.184. The molecule has 3 aliphatic carbocycles. The number of aliphatic carboxylic acids is 1. The topological polar surface area (TPSA) is 101 Å². The van der Waals surface area contributed by atoms with E-state index in [-0.39, 0.29) is 21.8 Å². The fourth-order valence-corrected chi connectivity index (χ4v) is 16.2. The maximum atomic E-state index is 12.1. The highest BCUT2D eigenvalue weighted by molar-refractivity contribution is 7.24. The number of anilines is 3. The van der Waals surface area contributed by atoms with Crippen LogP contribution < -0.4 is 23.8 Å². The van der Waals surface area contributed by atoms with Crippen molar-refractivity contribution in [3.8, 4) is 71.5 Å². The van der Waals surface area contributed by atoms with Crippen LogP contribution in [0.5, 0.6) is 23.0 Å². The Morgan fingerprint density at radius 3 is 1.41 bits per heavy atom. The van der Waals surface area contributed by atoms with Crippen molar-refractivity contribution in [3.05, 3.63) is 141 Å². The Bertz CT molecular complexity index is 3500. The van der Waals surface area contributed by atoms with Crippen LogP contribution in [-0.4, -0.2) is 37.5 Å². The number of ether oxygens (including phenoxy) is 4. The van der Waals surface area contributed by atoms with E-state index >= 15 is 0 Å². The van der Waals surface area contributed by atoms with Gasteiger partial charge in [0.15, 0.2) is 0 Å². The van der Waals surface area contributed by atoms with E-state index in [1.54, 1.807) is 17.4 Å². The quantitative estimate of drug-likeness (QED) is 0.0253. The highest BCUT2D eigenvalue weighted by atomic mass is 32.1. The molecule has 0 bridgehead atoms. The third kappa shape index (κ3) is 12.6. The Hall–Kier alpha value is -6.80. The predicted octanol–water partition coefficient (Wildman–Crippen LogP) is 22.5. The molecule has 0 aliphatic heterocycles. The molecule has 0 fully saturated rings. The summed E-state index contributed by atoms with van der Waals surface area (Å²) in [4.78, 5) is 19.2. The van der Waals surface area contributed by atoms with Gasteiger partial charge in [-0.2, -0.15) is 5.26 Å². The summed E-state index contributed by atoms with van der Waals surface area (Å²) >= 11 is 3.50. The van der Waals surface area contributed by atoms with Gasteiger partial charge in [0.1, 0.15) is 34.6 Å². The Labute approximate surface area is 527 Å². The second kappa shape index (κ2) is 27.7. The summed E-state index contributed by atoms with van der Waals surface area (Å²) in [6, 6.07) is 38.7. The van der Waals surface area contributed by atoms with Gasteiger partial charge in [0.25, 0.3) is 0 Å². The number of unbranched alkanes of at least 4 members (excludes halogenated alkanes) is 10. The number of nitrogens with zero attached hydrogens (tertiary/aromatic N) is 2. The molecule has 0 saturated carbocycles. The largest absolute Gasteiger partial charge is 0.493 e. The van der Waals surface area contributed by atoms with Crippen LogP contribution in [0.4, 0.5) is 17.1 Å². The molecule has 3 aliphatic rings. The van der Waals surface area contributed by atoms with E-state index in [4.69, 9.17) is 18.9 Å². The highest BCUT2D eigenvalue weighted by Crippen LogP contribution is 2.62. The van der Waals surface area contributed by atoms with Gasteiger partial charge in [0, 0.05) is 76.1 Å². The third-order valence-corrected chi connectivity index (χ3v) is 21.1. The van der Waals surface area contributed by atoms with Crippen molar-refractivity contribution < 1.29 is 28.8 Å². The molecular weight excluding hydrogens is 1110 g/mol. The van der Waals surface area contributed by atoms with Crippen molar-refractivity contribution in [2.75, 3.05) is 31.3 Å². The first-order valence-electron chi connectivity index (χ1n) is 32.9. The van der Waals surface area contributed by atoms with E-state index in [9.17, 15) is 15.2 Å². The van der Waals surface area contributed by atoms with E-state index in [1.165, 1.54) is 97.7 Å². The molecule has 0 radical (unpaired) electrons. The van der Waals surface area contributed by atoms with E-state index in [0.717, 1.165) is 139 Å². The van der Waals surface area contributed by atoms with E-state index in [2.05, 4.69) is 171 Å². The standard InChI is InChI=1S/C77H92N2O6S2/c1-11-17-23-25-35-77(36-26-24-18-12-2)65-48-58(41-52(50-78)74(80)81)86-72(65)73-66(77)49-69(87-73)51-27-29-53(30-28-51)79(54-31-33-59-61(42-54)75(7,8)63-44-56(82-37-19-13-3)46-67(70(59)63)84-39-21-15-5)55-32-34-60-62(43-55)76(9,10)64-45-57(83-38-20-14-4)47-68(71(60)64)85-40-22-16-6/h27-34,41-49H,11-26,35-40H2,1-10H3,(H,80,81)/b52-41+. The van der Waals surface area contributed by atoms with E-state index in [0.29, 0.717) is 26.4 Å². The summed E-state index contributed by atoms with van der Waals surface area (Å²) in [5.41, 5.74) is 15.6. The molecule has 10 heteroatoms. The Morgan fingerprint density at radius 2 is 0.954 bits per heavy atom. The van der Waals surface area contributed by atoms with Crippen LogP contribution in [0.15, 0.2) is 103 Å². The van der Waals surface area contributed by atoms with Crippen molar-refractivity contribution in [2.24, 2.45) is 0 Å². The third-order valence-electron chi connectivity index (χ3n) is 18.6. The number of carboxylic acids is 1. The van der Waals surface area contributed by atoms with Crippen molar-refractivity contribution in [1.82, 2.24) is 0 Å². The van der Waals surface area contributed by atoms with Crippen molar-refractivity contribution in [2.45, 2.75) is 201 Å². The summed E-state index contributed by atoms with van der Waals surface area (Å²) in [7, 11) is 0. The van der Waals surface area contributed by atoms with Gasteiger partial charge < -0.3 is 29.0 Å². The molecule has 87 heavy (non-hydrogen) atoms. The molecule has 10 rings (SSSR count). The summed E-state index contributed by atoms with van der Waals surface area (Å²) in [5, 5.41) is 19.8. The molecule has 1 N–H and O–H groups in total. The minimum atomic E-state index is -1.19. The van der Waals surface area contributed by atoms with Gasteiger partial charge in [-0.05, 0) is 155 Å². The molecule has 458 valence electrons. The maximum Gasteiger partial charge on any atom is 0.346 e. The number of fused-ring (bicyclic) bond motifs is 9. The molecule has 5 aromatic carbocycles. The molecule has 0 unspecified atom stereocenters. The second-order valence-corrected chi connectivity index (χ2v) is 27.6. The molecule has 7 aromatic rings. The van der Waals surface area contributed by atoms with Gasteiger partial charge in [0.2, 0.25) is 0 Å². The predicted molar refractivity (Wildman–Crippen MR) is 364 cm³/mol. The Morgan fingerprint density at radius 1 is 0.506 bits per heavy atom. The first-order valence-corrected chi connectivity index (χ1v) is 34.5. The van der Waals surface area contributed by atoms with Crippen LogP contribution in [0, 0.1) is 11.3 Å². The zero-order chi connectivity index (χ0) is 61.5. The number of carbonyl (C=O) groups is 1. The average molecular weight is 1210 g/mol. The number of benzene rings is 5. The van der Waals surface area contributed by atoms with Crippen LogP contribution in [0.25, 0.3) is 48.5 Å². The van der Waals surface area contributed by atoms with Crippen molar-refractivity contribution in [3.63, 3.8) is 0 Å². The number of hydrogen-bond acceptors (Lipinski definition) is 9. The maximum absolute atomic E-state index is 12.1. The van der Waals surface area contributed by atoms with E-state index in [1.807, 2.05) is 17.4 Å². The number of rotatable bonds is 32. The zero-order valence-corrected chi connectivity index (χ0v) is 55.2. The highest BCUT2D eigenvalue weighted by Gasteiger charge is 2.46. The van der Waals surface area contributed by atoms with Crippen molar-refractivity contribution >= 4 is 51.8 Å². The normalized spacial score (nSPS) is 14.4. The monoisotopic (exact) mass is 1200 g/mol. The van der Waals surface area contributed by atoms with Crippen molar-refractivity contribution in [1.29, 1.82) is 5.26 Å². The van der Waals surface area contributed by atoms with Gasteiger partial charge in [-0.1, -0.05) is 171 Å². The SMILES string of the molecule is CCCCCCC1(CCCCCC)c2cc(/C=C(\C#N)C(=O)O)sc2-c2sc(-c3ccc(N(c4ccc5c(c4)C(C)(C)c4cc(OCCCC)cc(OCCCC)c4-5)c4ccc5c(c4)C(C)(C)c4cc(OCCCC)cc(OCCCC)c4-5)cc3)cc21. The fraction of sp³-hybridized carbons (Fsp3) is 0.455. The average Bonchev–Trinajstić information content (AvgIpc) is 1.60. The van der Waals surface area contributed by atoms with Crippen LogP contribution in [0.2, 0.25) is 0 Å². The number of thiophene rings is 2. The number of carboxylic acid groups (broad SMARTS) is 1. The van der Waals surface area contributed by atoms with Gasteiger partial charge in [0.05, 0.1) is 26.4 Å². The number of hydrogen-bond donors (Lipinski definition) is 1. The summed E-state index contributed by atoms with van der Waals surface area (Å²) in [6.45, 7) is 25.4. The Kier molecular flexibility index (Phi) is 20.1.